The van der Waals surface area contributed by atoms with Gasteiger partial charge < -0.3 is 14.0 Å². The van der Waals surface area contributed by atoms with Gasteiger partial charge in [-0.3, -0.25) is 9.59 Å². The molecule has 164 valence electrons. The third-order valence-electron chi connectivity index (χ3n) is 4.54. The Labute approximate surface area is 194 Å². The molecule has 0 saturated carbocycles. The average molecular weight is 481 g/mol. The van der Waals surface area contributed by atoms with Crippen LogP contribution in [0.2, 0.25) is 10.0 Å². The van der Waals surface area contributed by atoms with Crippen molar-refractivity contribution in [2.45, 2.75) is 32.7 Å². The molecule has 3 aromatic rings. The Morgan fingerprint density at radius 2 is 1.97 bits per heavy atom. The number of halogens is 2. The molecule has 1 heterocycles. The smallest absolute Gasteiger partial charge is 0.325 e. The third-order valence-corrected chi connectivity index (χ3v) is 6.38. The monoisotopic (exact) mass is 480 g/mol. The van der Waals surface area contributed by atoms with E-state index in [-0.39, 0.29) is 11.6 Å². The SMILES string of the molecule is CCCCCOc1cccc(C(=O)N=c2sc3ccc(Cl)c(Cl)c3n2CC(=O)OC)c1. The highest BCUT2D eigenvalue weighted by atomic mass is 35.5. The van der Waals surface area contributed by atoms with Gasteiger partial charge in [-0.2, -0.15) is 4.99 Å². The van der Waals surface area contributed by atoms with Gasteiger partial charge in [0.15, 0.2) is 4.80 Å². The fraction of sp³-hybridized carbons (Fsp3) is 0.318. The fourth-order valence-corrected chi connectivity index (χ4v) is 4.45. The first kappa shape index (κ1) is 23.3. The number of benzene rings is 2. The van der Waals surface area contributed by atoms with Gasteiger partial charge in [-0.15, -0.1) is 0 Å². The summed E-state index contributed by atoms with van der Waals surface area (Å²) in [5.41, 5.74) is 0.920. The number of methoxy groups -OCH3 is 1. The van der Waals surface area contributed by atoms with Crippen molar-refractivity contribution < 1.29 is 19.1 Å². The van der Waals surface area contributed by atoms with Crippen molar-refractivity contribution in [1.29, 1.82) is 0 Å². The van der Waals surface area contributed by atoms with E-state index in [9.17, 15) is 9.59 Å². The Hall–Kier alpha value is -2.35. The number of aromatic nitrogens is 1. The van der Waals surface area contributed by atoms with Gasteiger partial charge in [0.2, 0.25) is 0 Å². The van der Waals surface area contributed by atoms with E-state index in [0.717, 1.165) is 24.0 Å². The quantitative estimate of drug-likeness (QED) is 0.315. The van der Waals surface area contributed by atoms with Gasteiger partial charge in [-0.1, -0.05) is 60.4 Å². The van der Waals surface area contributed by atoms with Crippen molar-refractivity contribution in [2.75, 3.05) is 13.7 Å². The Kier molecular flexibility index (Phi) is 8.12. The van der Waals surface area contributed by atoms with Crippen molar-refractivity contribution >= 4 is 56.6 Å². The summed E-state index contributed by atoms with van der Waals surface area (Å²) in [5.74, 6) is -0.329. The summed E-state index contributed by atoms with van der Waals surface area (Å²) in [6.45, 7) is 2.57. The highest BCUT2D eigenvalue weighted by Crippen LogP contribution is 2.32. The molecule has 0 aliphatic carbocycles. The summed E-state index contributed by atoms with van der Waals surface area (Å²) in [7, 11) is 1.29. The van der Waals surface area contributed by atoms with Crippen molar-refractivity contribution in [3.8, 4) is 5.75 Å². The van der Waals surface area contributed by atoms with E-state index in [1.54, 1.807) is 41.0 Å². The van der Waals surface area contributed by atoms with E-state index in [0.29, 0.717) is 33.3 Å². The van der Waals surface area contributed by atoms with Gasteiger partial charge in [0.25, 0.3) is 5.91 Å². The zero-order valence-corrected chi connectivity index (χ0v) is 19.5. The zero-order valence-electron chi connectivity index (χ0n) is 17.2. The van der Waals surface area contributed by atoms with E-state index in [1.807, 2.05) is 0 Å². The van der Waals surface area contributed by atoms with Crippen LogP contribution in [-0.2, 0) is 16.1 Å². The standard InChI is InChI=1S/C22H22Cl2N2O4S/c1-3-4-5-11-30-15-8-6-7-14(12-15)21(28)25-22-26(13-18(27)29-2)20-17(31-22)10-9-16(23)19(20)24/h6-10,12H,3-5,11,13H2,1-2H3. The van der Waals surface area contributed by atoms with Crippen LogP contribution in [0.5, 0.6) is 5.75 Å². The van der Waals surface area contributed by atoms with Crippen LogP contribution in [0.25, 0.3) is 10.2 Å². The lowest BCUT2D eigenvalue weighted by molar-refractivity contribution is -0.141. The molecule has 0 fully saturated rings. The normalized spacial score (nSPS) is 11.7. The van der Waals surface area contributed by atoms with E-state index in [1.165, 1.54) is 18.4 Å². The molecule has 0 aliphatic heterocycles. The number of esters is 1. The lowest BCUT2D eigenvalue weighted by Gasteiger charge is -2.07. The summed E-state index contributed by atoms with van der Waals surface area (Å²) in [5, 5.41) is 0.632. The van der Waals surface area contributed by atoms with Crippen LogP contribution in [-0.4, -0.2) is 30.2 Å². The molecule has 31 heavy (non-hydrogen) atoms. The molecule has 9 heteroatoms. The first-order valence-corrected chi connectivity index (χ1v) is 11.4. The second kappa shape index (κ2) is 10.8. The number of thiazole rings is 1. The van der Waals surface area contributed by atoms with Crippen LogP contribution in [0.1, 0.15) is 36.5 Å². The number of nitrogens with zero attached hydrogens (tertiary/aromatic N) is 2. The zero-order chi connectivity index (χ0) is 22.4. The van der Waals surface area contributed by atoms with Crippen LogP contribution in [0.3, 0.4) is 0 Å². The van der Waals surface area contributed by atoms with E-state index in [2.05, 4.69) is 11.9 Å². The minimum atomic E-state index is -0.493. The molecule has 0 aliphatic rings. The lowest BCUT2D eigenvalue weighted by atomic mass is 10.2. The molecular weight excluding hydrogens is 459 g/mol. The lowest BCUT2D eigenvalue weighted by Crippen LogP contribution is -2.22. The summed E-state index contributed by atoms with van der Waals surface area (Å²) >= 11 is 13.8. The number of fused-ring (bicyclic) bond motifs is 1. The maximum atomic E-state index is 12.9. The highest BCUT2D eigenvalue weighted by molar-refractivity contribution is 7.16. The molecule has 1 aromatic heterocycles. The second-order valence-corrected chi connectivity index (χ2v) is 8.55. The maximum Gasteiger partial charge on any atom is 0.325 e. The Morgan fingerprint density at radius 3 is 2.71 bits per heavy atom. The van der Waals surface area contributed by atoms with Gasteiger partial charge in [0.1, 0.15) is 12.3 Å². The van der Waals surface area contributed by atoms with E-state index >= 15 is 0 Å². The predicted molar refractivity (Wildman–Crippen MR) is 123 cm³/mol. The Bertz CT molecular complexity index is 1170. The molecule has 0 atom stereocenters. The van der Waals surface area contributed by atoms with Crippen molar-refractivity contribution in [3.05, 3.63) is 56.8 Å². The van der Waals surface area contributed by atoms with Gasteiger partial charge >= 0.3 is 5.97 Å². The number of rotatable bonds is 8. The van der Waals surface area contributed by atoms with Gasteiger partial charge in [0, 0.05) is 5.56 Å². The molecule has 2 aromatic carbocycles. The number of amides is 1. The van der Waals surface area contributed by atoms with Crippen molar-refractivity contribution in [1.82, 2.24) is 4.57 Å². The number of carbonyl (C=O) groups is 2. The molecule has 0 spiro atoms. The molecule has 1 amide bonds. The van der Waals surface area contributed by atoms with Gasteiger partial charge in [-0.05, 0) is 36.8 Å². The largest absolute Gasteiger partial charge is 0.494 e. The molecule has 0 N–H and O–H groups in total. The number of hydrogen-bond acceptors (Lipinski definition) is 5. The van der Waals surface area contributed by atoms with Crippen LogP contribution in [0.15, 0.2) is 41.4 Å². The second-order valence-electron chi connectivity index (χ2n) is 6.76. The number of unbranched alkanes of at least 4 members (excludes halogenated alkanes) is 2. The summed E-state index contributed by atoms with van der Waals surface area (Å²) in [6, 6.07) is 10.3. The van der Waals surface area contributed by atoms with Crippen molar-refractivity contribution in [3.63, 3.8) is 0 Å². The first-order chi connectivity index (χ1) is 14.9. The van der Waals surface area contributed by atoms with Crippen LogP contribution in [0, 0.1) is 0 Å². The van der Waals surface area contributed by atoms with Crippen LogP contribution < -0.4 is 9.54 Å². The van der Waals surface area contributed by atoms with E-state index < -0.39 is 11.9 Å². The van der Waals surface area contributed by atoms with E-state index in [4.69, 9.17) is 32.7 Å². The average Bonchev–Trinajstić information content (AvgIpc) is 3.11. The van der Waals surface area contributed by atoms with Gasteiger partial charge in [0.05, 0.1) is 34.0 Å². The predicted octanol–water partition coefficient (Wildman–Crippen LogP) is 5.49. The molecule has 0 bridgehead atoms. The van der Waals surface area contributed by atoms with Gasteiger partial charge in [-0.25, -0.2) is 0 Å². The van der Waals surface area contributed by atoms with Crippen LogP contribution in [0.4, 0.5) is 0 Å². The minimum absolute atomic E-state index is 0.150. The number of carbonyl (C=O) groups excluding carboxylic acids is 2. The van der Waals surface area contributed by atoms with Crippen LogP contribution >= 0.6 is 34.5 Å². The summed E-state index contributed by atoms with van der Waals surface area (Å²) in [4.78, 5) is 29.4. The third kappa shape index (κ3) is 5.67. The number of hydrogen-bond donors (Lipinski definition) is 0. The summed E-state index contributed by atoms with van der Waals surface area (Å²) < 4.78 is 12.8. The molecule has 3 rings (SSSR count). The number of ether oxygens (including phenoxy) is 2. The molecule has 0 unspecified atom stereocenters. The molecule has 0 radical (unpaired) electrons. The first-order valence-electron chi connectivity index (χ1n) is 9.80. The summed E-state index contributed by atoms with van der Waals surface area (Å²) in [6.07, 6.45) is 3.15. The highest BCUT2D eigenvalue weighted by Gasteiger charge is 2.16. The Morgan fingerprint density at radius 1 is 1.16 bits per heavy atom. The fourth-order valence-electron chi connectivity index (χ4n) is 2.94. The molecule has 6 nitrogen and oxygen atoms in total. The molecular formula is C22H22Cl2N2O4S. The molecule has 0 saturated heterocycles. The minimum Gasteiger partial charge on any atom is -0.494 e. The maximum absolute atomic E-state index is 12.9. The van der Waals surface area contributed by atoms with Crippen molar-refractivity contribution in [2.24, 2.45) is 4.99 Å². The topological polar surface area (TPSA) is 69.9 Å². The Balaban J connectivity index is 1.98.